The van der Waals surface area contributed by atoms with Crippen LogP contribution in [-0.4, -0.2) is 12.2 Å². The van der Waals surface area contributed by atoms with Crippen LogP contribution in [0.4, 0.5) is 8.78 Å². The van der Waals surface area contributed by atoms with Crippen LogP contribution >= 0.6 is 0 Å². The van der Waals surface area contributed by atoms with Crippen LogP contribution in [0.5, 0.6) is 0 Å². The Balaban J connectivity index is 2.36. The average molecular weight is 238 g/mol. The summed E-state index contributed by atoms with van der Waals surface area (Å²) in [7, 11) is 0. The monoisotopic (exact) mass is 238 g/mol. The molecule has 0 aromatic heterocycles. The molecule has 0 amide bonds. The predicted octanol–water partition coefficient (Wildman–Crippen LogP) is 4.04. The lowest BCUT2D eigenvalue weighted by Crippen LogP contribution is -2.17. The fourth-order valence-corrected chi connectivity index (χ4v) is 2.82. The second-order valence-corrected chi connectivity index (χ2v) is 4.68. The fourth-order valence-electron chi connectivity index (χ4n) is 2.82. The molecule has 1 aromatic rings. The molecule has 17 heavy (non-hydrogen) atoms. The Hall–Kier alpha value is -1.25. The third-order valence-electron chi connectivity index (χ3n) is 3.63. The second-order valence-electron chi connectivity index (χ2n) is 4.68. The third-order valence-corrected chi connectivity index (χ3v) is 3.63. The molecule has 1 saturated carbocycles. The molecule has 1 fully saturated rings. The number of hydrogen-bond acceptors (Lipinski definition) is 1. The molecular weight excluding hydrogens is 222 g/mol. The van der Waals surface area contributed by atoms with Crippen LogP contribution in [0, 0.1) is 5.92 Å². The van der Waals surface area contributed by atoms with E-state index in [0.29, 0.717) is 12.0 Å². The van der Waals surface area contributed by atoms with Crippen molar-refractivity contribution in [2.45, 2.75) is 38.5 Å². The van der Waals surface area contributed by atoms with Gasteiger partial charge in [-0.2, -0.15) is 0 Å². The molecule has 0 aliphatic heterocycles. The number of halogens is 2. The van der Waals surface area contributed by atoms with Gasteiger partial charge in [-0.05, 0) is 31.2 Å². The highest BCUT2D eigenvalue weighted by molar-refractivity contribution is 5.95. The van der Waals surface area contributed by atoms with E-state index < -0.39 is 12.3 Å². The lowest BCUT2D eigenvalue weighted by molar-refractivity contribution is 0.0713. The molecule has 1 aliphatic carbocycles. The number of carbonyl (C=O) groups excluding carboxylic acids is 1. The van der Waals surface area contributed by atoms with Gasteiger partial charge >= 0.3 is 0 Å². The van der Waals surface area contributed by atoms with E-state index in [1.807, 2.05) is 12.1 Å². The molecule has 1 aromatic carbocycles. The first kappa shape index (κ1) is 12.2. The van der Waals surface area contributed by atoms with Crippen molar-refractivity contribution < 1.29 is 13.6 Å². The smallest absolute Gasteiger partial charge is 0.242 e. The minimum Gasteiger partial charge on any atom is -0.295 e. The van der Waals surface area contributed by atoms with Gasteiger partial charge in [0.1, 0.15) is 0 Å². The summed E-state index contributed by atoms with van der Waals surface area (Å²) < 4.78 is 25.8. The van der Waals surface area contributed by atoms with E-state index in [-0.39, 0.29) is 11.7 Å². The van der Waals surface area contributed by atoms with Crippen LogP contribution in [0.2, 0.25) is 0 Å². The van der Waals surface area contributed by atoms with Crippen LogP contribution in [0.15, 0.2) is 24.3 Å². The Labute approximate surface area is 99.8 Å². The van der Waals surface area contributed by atoms with Gasteiger partial charge in [-0.15, -0.1) is 0 Å². The lowest BCUT2D eigenvalue weighted by Gasteiger charge is -2.21. The van der Waals surface area contributed by atoms with Crippen LogP contribution in [0.3, 0.4) is 0 Å². The van der Waals surface area contributed by atoms with E-state index in [1.165, 1.54) is 6.92 Å². The Morgan fingerprint density at radius 3 is 2.65 bits per heavy atom. The summed E-state index contributed by atoms with van der Waals surface area (Å²) in [4.78, 5) is 11.5. The first-order valence-corrected chi connectivity index (χ1v) is 5.99. The van der Waals surface area contributed by atoms with Crippen molar-refractivity contribution in [2.75, 3.05) is 0 Å². The number of rotatable bonds is 3. The van der Waals surface area contributed by atoms with E-state index in [4.69, 9.17) is 0 Å². The normalized spacial score (nSPS) is 24.2. The highest BCUT2D eigenvalue weighted by Gasteiger charge is 2.36. The number of alkyl halides is 2. The molecule has 0 spiro atoms. The van der Waals surface area contributed by atoms with Gasteiger partial charge in [-0.1, -0.05) is 30.7 Å². The molecule has 0 bridgehead atoms. The van der Waals surface area contributed by atoms with Gasteiger partial charge in [-0.25, -0.2) is 8.78 Å². The van der Waals surface area contributed by atoms with Gasteiger partial charge in [0.05, 0.1) is 0 Å². The van der Waals surface area contributed by atoms with Crippen LogP contribution in [-0.2, 0) is 0 Å². The highest BCUT2D eigenvalue weighted by Crippen LogP contribution is 2.43. The number of benzene rings is 1. The number of carbonyl (C=O) groups is 1. The van der Waals surface area contributed by atoms with Crippen molar-refractivity contribution in [1.82, 2.24) is 0 Å². The first-order valence-electron chi connectivity index (χ1n) is 5.99. The number of ketones is 1. The molecule has 92 valence electrons. The zero-order valence-corrected chi connectivity index (χ0v) is 9.83. The zero-order valence-electron chi connectivity index (χ0n) is 9.83. The van der Waals surface area contributed by atoms with E-state index in [9.17, 15) is 13.6 Å². The first-order chi connectivity index (χ1) is 8.11. The van der Waals surface area contributed by atoms with Crippen molar-refractivity contribution in [2.24, 2.45) is 5.92 Å². The second kappa shape index (κ2) is 4.94. The molecule has 2 rings (SSSR count). The Morgan fingerprint density at radius 2 is 2.00 bits per heavy atom. The van der Waals surface area contributed by atoms with Crippen molar-refractivity contribution >= 4 is 5.78 Å². The number of Topliss-reactive ketones (excluding diaryl/α,β-unsaturated/α-hetero) is 1. The summed E-state index contributed by atoms with van der Waals surface area (Å²) in [5.74, 6) is -0.786. The van der Waals surface area contributed by atoms with Crippen LogP contribution in [0.1, 0.15) is 48.0 Å². The maximum Gasteiger partial charge on any atom is 0.242 e. The van der Waals surface area contributed by atoms with Crippen molar-refractivity contribution in [3.8, 4) is 0 Å². The SMILES string of the molecule is CC(=O)c1ccccc1C1CCCC1C(F)F. The minimum absolute atomic E-state index is 0.0412. The summed E-state index contributed by atoms with van der Waals surface area (Å²) in [6.07, 6.45) is -0.137. The Kier molecular flexibility index (Phi) is 3.55. The average Bonchev–Trinajstić information content (AvgIpc) is 2.77. The molecule has 3 heteroatoms. The van der Waals surface area contributed by atoms with Crippen molar-refractivity contribution in [3.63, 3.8) is 0 Å². The molecule has 0 heterocycles. The third kappa shape index (κ3) is 2.38. The molecule has 2 unspecified atom stereocenters. The molecule has 0 N–H and O–H groups in total. The van der Waals surface area contributed by atoms with Gasteiger partial charge < -0.3 is 0 Å². The number of hydrogen-bond donors (Lipinski definition) is 0. The largest absolute Gasteiger partial charge is 0.295 e. The fraction of sp³-hybridized carbons (Fsp3) is 0.500. The molecule has 1 aliphatic rings. The van der Waals surface area contributed by atoms with Gasteiger partial charge in [-0.3, -0.25) is 4.79 Å². The lowest BCUT2D eigenvalue weighted by atomic mass is 9.85. The van der Waals surface area contributed by atoms with Gasteiger partial charge in [0.25, 0.3) is 0 Å². The summed E-state index contributed by atoms with van der Waals surface area (Å²) in [6.45, 7) is 1.49. The quantitative estimate of drug-likeness (QED) is 0.726. The van der Waals surface area contributed by atoms with Gasteiger partial charge in [0.2, 0.25) is 6.43 Å². The van der Waals surface area contributed by atoms with Crippen LogP contribution < -0.4 is 0 Å². The highest BCUT2D eigenvalue weighted by atomic mass is 19.3. The van der Waals surface area contributed by atoms with E-state index in [2.05, 4.69) is 0 Å². The summed E-state index contributed by atoms with van der Waals surface area (Å²) in [5, 5.41) is 0. The van der Waals surface area contributed by atoms with Crippen molar-refractivity contribution in [3.05, 3.63) is 35.4 Å². The minimum atomic E-state index is -2.29. The standard InChI is InChI=1S/C14H16F2O/c1-9(17)10-5-2-3-6-11(10)12-7-4-8-13(12)14(15)16/h2-3,5-6,12-14H,4,7-8H2,1H3. The summed E-state index contributed by atoms with van der Waals surface area (Å²) >= 11 is 0. The molecule has 0 radical (unpaired) electrons. The maximum absolute atomic E-state index is 12.9. The Morgan fingerprint density at radius 1 is 1.29 bits per heavy atom. The van der Waals surface area contributed by atoms with Gasteiger partial charge in [0.15, 0.2) is 5.78 Å². The molecule has 2 atom stereocenters. The molecular formula is C14H16F2O. The molecule has 1 nitrogen and oxygen atoms in total. The van der Waals surface area contributed by atoms with Crippen molar-refractivity contribution in [1.29, 1.82) is 0 Å². The predicted molar refractivity (Wildman–Crippen MR) is 62.5 cm³/mol. The van der Waals surface area contributed by atoms with Gasteiger partial charge in [0, 0.05) is 11.5 Å². The topological polar surface area (TPSA) is 17.1 Å². The van der Waals surface area contributed by atoms with Crippen LogP contribution in [0.25, 0.3) is 0 Å². The molecule has 0 saturated heterocycles. The Bertz CT molecular complexity index is 414. The van der Waals surface area contributed by atoms with E-state index in [1.54, 1.807) is 12.1 Å². The zero-order chi connectivity index (χ0) is 12.4. The maximum atomic E-state index is 12.9. The summed E-state index contributed by atoms with van der Waals surface area (Å²) in [6, 6.07) is 7.16. The van der Waals surface area contributed by atoms with E-state index in [0.717, 1.165) is 18.4 Å². The summed E-state index contributed by atoms with van der Waals surface area (Å²) in [5.41, 5.74) is 1.41. The van der Waals surface area contributed by atoms with E-state index >= 15 is 0 Å².